The molecule has 6 heteroatoms. The number of benzene rings is 1. The Morgan fingerprint density at radius 3 is 2.73 bits per heavy atom. The van der Waals surface area contributed by atoms with Gasteiger partial charge in [0.15, 0.2) is 5.82 Å². The molecule has 1 aromatic carbocycles. The van der Waals surface area contributed by atoms with Crippen LogP contribution < -0.4 is 5.56 Å². The summed E-state index contributed by atoms with van der Waals surface area (Å²) in [4.78, 5) is 15.2. The molecule has 15 heavy (non-hydrogen) atoms. The lowest BCUT2D eigenvalue weighted by Crippen LogP contribution is -2.19. The summed E-state index contributed by atoms with van der Waals surface area (Å²) in [6, 6.07) is 1.59. The summed E-state index contributed by atoms with van der Waals surface area (Å²) in [5, 5.41) is -0.266. The molecule has 3 nitrogen and oxygen atoms in total. The minimum Gasteiger partial charge on any atom is -0.286 e. The monoisotopic (exact) mass is 230 g/mol. The highest BCUT2D eigenvalue weighted by Crippen LogP contribution is 2.16. The zero-order valence-corrected chi connectivity index (χ0v) is 8.35. The van der Waals surface area contributed by atoms with Crippen molar-refractivity contribution in [3.63, 3.8) is 0 Å². The second kappa shape index (κ2) is 3.27. The van der Waals surface area contributed by atoms with Crippen molar-refractivity contribution in [2.75, 3.05) is 0 Å². The largest absolute Gasteiger partial charge is 0.286 e. The summed E-state index contributed by atoms with van der Waals surface area (Å²) < 4.78 is 27.1. The Kier molecular flexibility index (Phi) is 2.19. The average molecular weight is 231 g/mol. The van der Waals surface area contributed by atoms with E-state index in [0.717, 1.165) is 10.6 Å². The summed E-state index contributed by atoms with van der Waals surface area (Å²) in [6.07, 6.45) is 0. The van der Waals surface area contributed by atoms with E-state index in [0.29, 0.717) is 6.07 Å². The quantitative estimate of drug-likeness (QED) is 0.648. The third-order valence-corrected chi connectivity index (χ3v) is 2.38. The lowest BCUT2D eigenvalue weighted by Gasteiger charge is -2.03. The van der Waals surface area contributed by atoms with Crippen LogP contribution in [0.1, 0.15) is 0 Å². The topological polar surface area (TPSA) is 34.9 Å². The molecule has 0 fully saturated rings. The molecule has 0 radical (unpaired) electrons. The van der Waals surface area contributed by atoms with Gasteiger partial charge in [-0.15, -0.1) is 0 Å². The van der Waals surface area contributed by atoms with Gasteiger partial charge in [-0.2, -0.15) is 0 Å². The zero-order chi connectivity index (χ0) is 11.2. The molecule has 1 heterocycles. The van der Waals surface area contributed by atoms with E-state index >= 15 is 0 Å². The van der Waals surface area contributed by atoms with Gasteiger partial charge in [0.1, 0.15) is 11.3 Å². The van der Waals surface area contributed by atoms with Crippen molar-refractivity contribution in [1.82, 2.24) is 9.55 Å². The van der Waals surface area contributed by atoms with Crippen LogP contribution in [-0.4, -0.2) is 9.55 Å². The van der Waals surface area contributed by atoms with Crippen LogP contribution in [0.3, 0.4) is 0 Å². The Labute approximate surface area is 87.9 Å². The van der Waals surface area contributed by atoms with Crippen LogP contribution in [-0.2, 0) is 7.05 Å². The predicted molar refractivity (Wildman–Crippen MR) is 51.9 cm³/mol. The molecule has 0 atom stereocenters. The molecule has 1 aromatic heterocycles. The Bertz CT molecular complexity index is 609. The first-order chi connectivity index (χ1) is 7.00. The first-order valence-corrected chi connectivity index (χ1v) is 4.40. The number of halogens is 3. The fourth-order valence-corrected chi connectivity index (χ4v) is 1.44. The molecule has 0 N–H and O–H groups in total. The highest BCUT2D eigenvalue weighted by Gasteiger charge is 2.11. The molecule has 0 saturated carbocycles. The molecule has 0 amide bonds. The van der Waals surface area contributed by atoms with E-state index in [1.165, 1.54) is 7.05 Å². The fourth-order valence-electron chi connectivity index (χ4n) is 1.27. The number of nitrogens with zero attached hydrogens (tertiary/aromatic N) is 2. The molecule has 78 valence electrons. The summed E-state index contributed by atoms with van der Waals surface area (Å²) in [6.45, 7) is 0. The second-order valence-corrected chi connectivity index (χ2v) is 3.37. The van der Waals surface area contributed by atoms with Crippen molar-refractivity contribution in [1.29, 1.82) is 0 Å². The van der Waals surface area contributed by atoms with E-state index < -0.39 is 17.2 Å². The highest BCUT2D eigenvalue weighted by molar-refractivity contribution is 6.28. The van der Waals surface area contributed by atoms with Crippen molar-refractivity contribution in [3.05, 3.63) is 39.4 Å². The Balaban J connectivity index is 3.06. The molecule has 0 aliphatic heterocycles. The number of fused-ring (bicyclic) bond motifs is 1. The lowest BCUT2D eigenvalue weighted by atomic mass is 10.2. The maximum absolute atomic E-state index is 13.2. The molecular weight excluding hydrogens is 226 g/mol. The maximum atomic E-state index is 13.2. The van der Waals surface area contributed by atoms with Gasteiger partial charge in [-0.1, -0.05) is 0 Å². The maximum Gasteiger partial charge on any atom is 0.262 e. The van der Waals surface area contributed by atoms with Crippen LogP contribution in [0, 0.1) is 11.6 Å². The van der Waals surface area contributed by atoms with Gasteiger partial charge in [0, 0.05) is 13.1 Å². The second-order valence-electron chi connectivity index (χ2n) is 3.03. The standard InChI is InChI=1S/C9H5ClF2N2O/c1-14-8(15)5-2-4(11)3-6(12)7(5)13-9(14)10/h2-3H,1H3. The van der Waals surface area contributed by atoms with Crippen molar-refractivity contribution in [2.45, 2.75) is 0 Å². The summed E-state index contributed by atoms with van der Waals surface area (Å²) in [5.74, 6) is -1.72. The smallest absolute Gasteiger partial charge is 0.262 e. The Morgan fingerprint density at radius 1 is 1.40 bits per heavy atom. The molecule has 0 spiro atoms. The van der Waals surface area contributed by atoms with Crippen LogP contribution in [0.4, 0.5) is 8.78 Å². The van der Waals surface area contributed by atoms with Gasteiger partial charge < -0.3 is 0 Å². The van der Waals surface area contributed by atoms with E-state index in [4.69, 9.17) is 11.6 Å². The highest BCUT2D eigenvalue weighted by atomic mass is 35.5. The number of hydrogen-bond donors (Lipinski definition) is 0. The van der Waals surface area contributed by atoms with Gasteiger partial charge in [-0.05, 0) is 17.7 Å². The summed E-state index contributed by atoms with van der Waals surface area (Å²) >= 11 is 5.60. The first-order valence-electron chi connectivity index (χ1n) is 4.02. The van der Waals surface area contributed by atoms with E-state index in [1.807, 2.05) is 0 Å². The van der Waals surface area contributed by atoms with Crippen LogP contribution >= 0.6 is 11.6 Å². The summed E-state index contributed by atoms with van der Waals surface area (Å²) in [7, 11) is 1.37. The third-order valence-electron chi connectivity index (χ3n) is 2.04. The molecule has 2 aromatic rings. The van der Waals surface area contributed by atoms with E-state index in [2.05, 4.69) is 4.98 Å². The zero-order valence-electron chi connectivity index (χ0n) is 7.59. The van der Waals surface area contributed by atoms with Crippen LogP contribution in [0.5, 0.6) is 0 Å². The van der Waals surface area contributed by atoms with Gasteiger partial charge in [-0.25, -0.2) is 13.8 Å². The van der Waals surface area contributed by atoms with E-state index in [9.17, 15) is 13.6 Å². The van der Waals surface area contributed by atoms with Crippen molar-refractivity contribution in [2.24, 2.45) is 7.05 Å². The molecule has 2 rings (SSSR count). The number of hydrogen-bond acceptors (Lipinski definition) is 2. The van der Waals surface area contributed by atoms with Gasteiger partial charge in [0.05, 0.1) is 5.39 Å². The van der Waals surface area contributed by atoms with Gasteiger partial charge >= 0.3 is 0 Å². The minimum atomic E-state index is -0.899. The lowest BCUT2D eigenvalue weighted by molar-refractivity contribution is 0.589. The van der Waals surface area contributed by atoms with Crippen LogP contribution in [0.25, 0.3) is 10.9 Å². The van der Waals surface area contributed by atoms with Crippen molar-refractivity contribution < 1.29 is 8.78 Å². The normalized spacial score (nSPS) is 10.9. The molecule has 0 saturated heterocycles. The molecule has 0 aliphatic rings. The van der Waals surface area contributed by atoms with E-state index in [1.54, 1.807) is 0 Å². The summed E-state index contributed by atoms with van der Waals surface area (Å²) in [5.41, 5.74) is -0.798. The van der Waals surface area contributed by atoms with Gasteiger partial charge in [-0.3, -0.25) is 9.36 Å². The molecule has 0 bridgehead atoms. The fraction of sp³-hybridized carbons (Fsp3) is 0.111. The van der Waals surface area contributed by atoms with Crippen LogP contribution in [0.2, 0.25) is 5.28 Å². The molecular formula is C9H5ClF2N2O. The molecule has 0 unspecified atom stereocenters. The number of rotatable bonds is 0. The van der Waals surface area contributed by atoms with Crippen molar-refractivity contribution >= 4 is 22.5 Å². The van der Waals surface area contributed by atoms with Crippen LogP contribution in [0.15, 0.2) is 16.9 Å². The SMILES string of the molecule is Cn1c(Cl)nc2c(F)cc(F)cc2c1=O. The molecule has 0 aliphatic carbocycles. The minimum absolute atomic E-state index is 0.126. The van der Waals surface area contributed by atoms with Crippen molar-refractivity contribution in [3.8, 4) is 0 Å². The Hall–Kier alpha value is -1.49. The Morgan fingerprint density at radius 2 is 2.07 bits per heavy atom. The van der Waals surface area contributed by atoms with E-state index in [-0.39, 0.29) is 16.2 Å². The number of aromatic nitrogens is 2. The van der Waals surface area contributed by atoms with Gasteiger partial charge in [0.2, 0.25) is 5.28 Å². The van der Waals surface area contributed by atoms with Gasteiger partial charge in [0.25, 0.3) is 5.56 Å². The predicted octanol–water partition coefficient (Wildman–Crippen LogP) is 1.87. The first kappa shape index (κ1) is 10.0. The average Bonchev–Trinajstić information content (AvgIpc) is 2.17. The third kappa shape index (κ3) is 1.48.